The molecule has 0 radical (unpaired) electrons. The second-order valence-corrected chi connectivity index (χ2v) is 7.09. The number of nitrogens with one attached hydrogen (secondary N) is 2. The fraction of sp³-hybridized carbons (Fsp3) is 0.188. The molecule has 2 aromatic heterocycles. The van der Waals surface area contributed by atoms with Gasteiger partial charge in [-0.2, -0.15) is 4.98 Å². The van der Waals surface area contributed by atoms with Crippen LogP contribution < -0.4 is 10.9 Å². The number of nitrogens with zero attached hydrogens (tertiary/aromatic N) is 2. The number of hydrogen-bond donors (Lipinski definition) is 2. The van der Waals surface area contributed by atoms with E-state index in [-0.39, 0.29) is 11.6 Å². The van der Waals surface area contributed by atoms with Crippen LogP contribution in [0.25, 0.3) is 10.9 Å². The van der Waals surface area contributed by atoms with Gasteiger partial charge in [-0.1, -0.05) is 11.6 Å². The van der Waals surface area contributed by atoms with Crippen molar-refractivity contribution >= 4 is 39.6 Å². The van der Waals surface area contributed by atoms with Gasteiger partial charge in [0, 0.05) is 44.9 Å². The Kier molecular flexibility index (Phi) is 4.75. The number of fused-ring (bicyclic) bond motifs is 1. The first kappa shape index (κ1) is 16.8. The van der Waals surface area contributed by atoms with Crippen LogP contribution in [-0.4, -0.2) is 25.8 Å². The topological polar surface area (TPSA) is 93.7 Å². The minimum atomic E-state index is -1.20. The Hall–Kier alpha value is -2.09. The zero-order chi connectivity index (χ0) is 17.3. The van der Waals surface area contributed by atoms with E-state index >= 15 is 0 Å². The number of rotatable bonds is 4. The lowest BCUT2D eigenvalue weighted by Crippen LogP contribution is -2.20. The maximum absolute atomic E-state index is 12.3. The molecule has 2 N–H and O–H groups in total. The molecule has 1 aromatic carbocycles. The van der Waals surface area contributed by atoms with Crippen LogP contribution in [0.4, 0.5) is 5.95 Å². The molecule has 2 atom stereocenters. The predicted octanol–water partition coefficient (Wildman–Crippen LogP) is 2.88. The molecule has 8 heteroatoms. The van der Waals surface area contributed by atoms with E-state index in [1.165, 1.54) is 6.20 Å². The molecule has 0 fully saturated rings. The highest BCUT2D eigenvalue weighted by Crippen LogP contribution is 2.21. The Morgan fingerprint density at radius 2 is 2.12 bits per heavy atom. The number of hydrogen-bond acceptors (Lipinski definition) is 5. The number of benzene rings is 1. The zero-order valence-electron chi connectivity index (χ0n) is 13.0. The molecule has 0 bridgehead atoms. The number of aromatic nitrogens is 3. The van der Waals surface area contributed by atoms with Gasteiger partial charge in [-0.3, -0.25) is 4.79 Å². The van der Waals surface area contributed by atoms with E-state index in [1.807, 2.05) is 6.92 Å². The summed E-state index contributed by atoms with van der Waals surface area (Å²) in [5, 5.41) is 4.94. The van der Waals surface area contributed by atoms with Crippen molar-refractivity contribution < 1.29 is 4.55 Å². The molecule has 124 valence electrons. The van der Waals surface area contributed by atoms with E-state index in [0.717, 1.165) is 10.9 Å². The summed E-state index contributed by atoms with van der Waals surface area (Å²) >= 11 is 4.81. The van der Waals surface area contributed by atoms with Crippen molar-refractivity contribution in [2.24, 2.45) is 0 Å². The molecule has 3 aromatic rings. The molecule has 0 amide bonds. The SMILES string of the molecule is CC(Nc1nccc([S@+](C)[O-])n1)c1cc2cc(Cl)ccc2[nH]c1=O. The van der Waals surface area contributed by atoms with E-state index < -0.39 is 11.2 Å². The van der Waals surface area contributed by atoms with Gasteiger partial charge in [0.05, 0.1) is 6.04 Å². The van der Waals surface area contributed by atoms with Gasteiger partial charge >= 0.3 is 0 Å². The van der Waals surface area contributed by atoms with Gasteiger partial charge in [-0.05, 0) is 31.2 Å². The van der Waals surface area contributed by atoms with Gasteiger partial charge < -0.3 is 14.9 Å². The van der Waals surface area contributed by atoms with Crippen molar-refractivity contribution in [1.29, 1.82) is 0 Å². The van der Waals surface area contributed by atoms with E-state index in [2.05, 4.69) is 20.3 Å². The summed E-state index contributed by atoms with van der Waals surface area (Å²) in [6.45, 7) is 1.83. The highest BCUT2D eigenvalue weighted by molar-refractivity contribution is 7.90. The highest BCUT2D eigenvalue weighted by atomic mass is 35.5. The Morgan fingerprint density at radius 3 is 2.88 bits per heavy atom. The first-order chi connectivity index (χ1) is 11.4. The van der Waals surface area contributed by atoms with Gasteiger partial charge in [-0.25, -0.2) is 4.98 Å². The van der Waals surface area contributed by atoms with Crippen molar-refractivity contribution in [3.63, 3.8) is 0 Å². The Balaban J connectivity index is 1.93. The Morgan fingerprint density at radius 1 is 1.33 bits per heavy atom. The molecule has 0 aliphatic heterocycles. The highest BCUT2D eigenvalue weighted by Gasteiger charge is 2.14. The molecule has 6 nitrogen and oxygen atoms in total. The van der Waals surface area contributed by atoms with Gasteiger partial charge in [-0.15, -0.1) is 0 Å². The van der Waals surface area contributed by atoms with Gasteiger partial charge in [0.25, 0.3) is 5.56 Å². The van der Waals surface area contributed by atoms with Crippen LogP contribution in [-0.2, 0) is 11.2 Å². The van der Waals surface area contributed by atoms with Crippen LogP contribution in [0.15, 0.2) is 46.3 Å². The summed E-state index contributed by atoms with van der Waals surface area (Å²) in [4.78, 5) is 23.4. The third-order valence-electron chi connectivity index (χ3n) is 3.57. The largest absolute Gasteiger partial charge is 0.610 e. The monoisotopic (exact) mass is 362 g/mol. The minimum absolute atomic E-state index is 0.194. The van der Waals surface area contributed by atoms with Crippen molar-refractivity contribution in [3.8, 4) is 0 Å². The van der Waals surface area contributed by atoms with Crippen molar-refractivity contribution in [1.82, 2.24) is 15.0 Å². The third-order valence-corrected chi connectivity index (χ3v) is 4.62. The van der Waals surface area contributed by atoms with Crippen LogP contribution in [0.1, 0.15) is 18.5 Å². The lowest BCUT2D eigenvalue weighted by atomic mass is 10.1. The van der Waals surface area contributed by atoms with Crippen LogP contribution in [0.2, 0.25) is 5.02 Å². The summed E-state index contributed by atoms with van der Waals surface area (Å²) in [7, 11) is 0. The number of halogens is 1. The second-order valence-electron chi connectivity index (χ2n) is 5.32. The van der Waals surface area contributed by atoms with Gasteiger partial charge in [0.15, 0.2) is 0 Å². The van der Waals surface area contributed by atoms with Gasteiger partial charge in [0.2, 0.25) is 11.0 Å². The molecule has 1 unspecified atom stereocenters. The number of anilines is 1. The molecule has 0 aliphatic rings. The maximum Gasteiger partial charge on any atom is 0.253 e. The molecule has 3 rings (SSSR count). The first-order valence-electron chi connectivity index (χ1n) is 7.19. The summed E-state index contributed by atoms with van der Waals surface area (Å²) < 4.78 is 11.5. The summed E-state index contributed by atoms with van der Waals surface area (Å²) in [5.41, 5.74) is 1.07. The normalized spacial score (nSPS) is 13.7. The number of aromatic amines is 1. The van der Waals surface area contributed by atoms with Crippen LogP contribution in [0, 0.1) is 0 Å². The smallest absolute Gasteiger partial charge is 0.253 e. The first-order valence-corrected chi connectivity index (χ1v) is 9.13. The predicted molar refractivity (Wildman–Crippen MR) is 96.0 cm³/mol. The molecule has 0 saturated carbocycles. The van der Waals surface area contributed by atoms with E-state index in [4.69, 9.17) is 11.6 Å². The van der Waals surface area contributed by atoms with Crippen molar-refractivity contribution in [3.05, 3.63) is 57.5 Å². The van der Waals surface area contributed by atoms with Crippen molar-refractivity contribution in [2.45, 2.75) is 18.0 Å². The molecule has 24 heavy (non-hydrogen) atoms. The average Bonchev–Trinajstić information content (AvgIpc) is 2.54. The molecular formula is C16H15ClN4O2S. The maximum atomic E-state index is 12.3. The molecule has 0 spiro atoms. The fourth-order valence-electron chi connectivity index (χ4n) is 2.36. The quantitative estimate of drug-likeness (QED) is 0.549. The zero-order valence-corrected chi connectivity index (χ0v) is 14.6. The Labute approximate surface area is 146 Å². The molecule has 0 aliphatic carbocycles. The summed E-state index contributed by atoms with van der Waals surface area (Å²) in [6, 6.07) is 8.34. The molecule has 2 heterocycles. The summed E-state index contributed by atoms with van der Waals surface area (Å²) in [6.07, 6.45) is 3.08. The number of pyridine rings is 1. The second kappa shape index (κ2) is 6.80. The summed E-state index contributed by atoms with van der Waals surface area (Å²) in [5.74, 6) is 0.320. The Bertz CT molecular complexity index is 945. The van der Waals surface area contributed by atoms with Crippen LogP contribution in [0.5, 0.6) is 0 Å². The third kappa shape index (κ3) is 3.53. The average molecular weight is 363 g/mol. The number of H-pyrrole nitrogens is 1. The van der Waals surface area contributed by atoms with Crippen molar-refractivity contribution in [2.75, 3.05) is 11.6 Å². The minimum Gasteiger partial charge on any atom is -0.610 e. The van der Waals surface area contributed by atoms with E-state index in [1.54, 1.807) is 36.6 Å². The van der Waals surface area contributed by atoms with E-state index in [0.29, 0.717) is 21.6 Å². The standard InChI is InChI=1S/C16H15ClN4O2S/c1-9(19-16-18-6-5-14(21-16)24(2)23)12-8-10-7-11(17)3-4-13(10)20-15(12)22/h3-9H,1-2H3,(H,20,22)(H,18,19,21)/t9?,24-/m0/s1. The van der Waals surface area contributed by atoms with Crippen LogP contribution in [0.3, 0.4) is 0 Å². The van der Waals surface area contributed by atoms with Crippen LogP contribution >= 0.6 is 11.6 Å². The van der Waals surface area contributed by atoms with E-state index in [9.17, 15) is 9.35 Å². The fourth-order valence-corrected chi connectivity index (χ4v) is 3.01. The lowest BCUT2D eigenvalue weighted by Gasteiger charge is -2.14. The van der Waals surface area contributed by atoms with Gasteiger partial charge in [0.1, 0.15) is 6.26 Å². The molecular weight excluding hydrogens is 348 g/mol. The lowest BCUT2D eigenvalue weighted by molar-refractivity contribution is 0.597. The molecule has 0 saturated heterocycles.